The van der Waals surface area contributed by atoms with Crippen LogP contribution in [0.25, 0.3) is 0 Å². The average molecular weight is 184 g/mol. The van der Waals surface area contributed by atoms with Crippen molar-refractivity contribution in [3.63, 3.8) is 0 Å². The molecule has 0 fully saturated rings. The van der Waals surface area contributed by atoms with E-state index in [-0.39, 0.29) is 12.2 Å². The van der Waals surface area contributed by atoms with E-state index in [4.69, 9.17) is 4.74 Å². The molecule has 0 saturated carbocycles. The summed E-state index contributed by atoms with van der Waals surface area (Å²) in [4.78, 5) is 22.1. The van der Waals surface area contributed by atoms with E-state index in [0.29, 0.717) is 0 Å². The predicted molar refractivity (Wildman–Crippen MR) is 44.9 cm³/mol. The van der Waals surface area contributed by atoms with Gasteiger partial charge in [-0.05, 0) is 18.6 Å². The zero-order valence-electron chi connectivity index (χ0n) is 7.61. The maximum Gasteiger partial charge on any atom is 0.303 e. The summed E-state index contributed by atoms with van der Waals surface area (Å²) in [6.07, 6.45) is 1.85. The fraction of sp³-hybridized carbons (Fsp3) is 0.556. The lowest BCUT2D eigenvalue weighted by Gasteiger charge is -2.28. The topological polar surface area (TPSA) is 63.6 Å². The Balaban J connectivity index is 2.92. The second kappa shape index (κ2) is 3.30. The minimum atomic E-state index is -1.37. The number of aliphatic hydroxyl groups is 1. The van der Waals surface area contributed by atoms with Crippen LogP contribution in [0.1, 0.15) is 20.3 Å². The van der Waals surface area contributed by atoms with Gasteiger partial charge in [-0.15, -0.1) is 0 Å². The normalized spacial score (nSPS) is 32.2. The standard InChI is InChI=1S/C9H12O4/c1-3-9(13-6(2)10)7(11)4-5-8(9)12/h4-5,7,11H,3H2,1-2H3/t7-,9+/m0/s1. The van der Waals surface area contributed by atoms with Crippen LogP contribution in [0.2, 0.25) is 0 Å². The molecule has 0 radical (unpaired) electrons. The first kappa shape index (κ1) is 9.92. The lowest BCUT2D eigenvalue weighted by Crippen LogP contribution is -2.47. The second-order valence-electron chi connectivity index (χ2n) is 3.00. The Morgan fingerprint density at radius 1 is 1.77 bits per heavy atom. The van der Waals surface area contributed by atoms with Crippen LogP contribution in [0.15, 0.2) is 12.2 Å². The van der Waals surface area contributed by atoms with Crippen molar-refractivity contribution in [2.45, 2.75) is 32.0 Å². The predicted octanol–water partition coefficient (Wildman–Crippen LogP) is 0.198. The van der Waals surface area contributed by atoms with E-state index >= 15 is 0 Å². The van der Waals surface area contributed by atoms with E-state index in [1.54, 1.807) is 6.92 Å². The monoisotopic (exact) mass is 184 g/mol. The number of carbonyl (C=O) groups is 2. The molecular formula is C9H12O4. The third-order valence-electron chi connectivity index (χ3n) is 2.18. The summed E-state index contributed by atoms with van der Waals surface area (Å²) < 4.78 is 4.87. The largest absolute Gasteiger partial charge is 0.448 e. The van der Waals surface area contributed by atoms with Crippen LogP contribution in [0.3, 0.4) is 0 Å². The molecule has 0 spiro atoms. The number of hydrogen-bond donors (Lipinski definition) is 1. The van der Waals surface area contributed by atoms with Gasteiger partial charge in [-0.2, -0.15) is 0 Å². The van der Waals surface area contributed by atoms with Gasteiger partial charge in [-0.1, -0.05) is 6.92 Å². The van der Waals surface area contributed by atoms with E-state index in [9.17, 15) is 14.7 Å². The van der Waals surface area contributed by atoms with Crippen LogP contribution in [-0.2, 0) is 14.3 Å². The number of esters is 1. The number of ether oxygens (including phenoxy) is 1. The van der Waals surface area contributed by atoms with Crippen molar-refractivity contribution in [3.05, 3.63) is 12.2 Å². The molecule has 0 aliphatic heterocycles. The minimum Gasteiger partial charge on any atom is -0.448 e. The average Bonchev–Trinajstić information content (AvgIpc) is 2.32. The number of rotatable bonds is 2. The zero-order valence-corrected chi connectivity index (χ0v) is 7.61. The minimum absolute atomic E-state index is 0.277. The molecule has 2 atom stereocenters. The molecular weight excluding hydrogens is 172 g/mol. The molecule has 4 nitrogen and oxygen atoms in total. The maximum atomic E-state index is 11.3. The maximum absolute atomic E-state index is 11.3. The van der Waals surface area contributed by atoms with Gasteiger partial charge in [0.2, 0.25) is 11.4 Å². The Hall–Kier alpha value is -1.16. The van der Waals surface area contributed by atoms with Gasteiger partial charge in [0.1, 0.15) is 6.10 Å². The highest BCUT2D eigenvalue weighted by Gasteiger charge is 2.47. The molecule has 1 aliphatic carbocycles. The van der Waals surface area contributed by atoms with E-state index in [0.717, 1.165) is 0 Å². The van der Waals surface area contributed by atoms with Crippen LogP contribution >= 0.6 is 0 Å². The Labute approximate surface area is 76.2 Å². The summed E-state index contributed by atoms with van der Waals surface area (Å²) in [5.41, 5.74) is -1.37. The lowest BCUT2D eigenvalue weighted by molar-refractivity contribution is -0.171. The molecule has 72 valence electrons. The smallest absolute Gasteiger partial charge is 0.303 e. The molecule has 1 N–H and O–H groups in total. The molecule has 0 saturated heterocycles. The van der Waals surface area contributed by atoms with Gasteiger partial charge in [0.05, 0.1) is 0 Å². The van der Waals surface area contributed by atoms with E-state index in [2.05, 4.69) is 0 Å². The van der Waals surface area contributed by atoms with Crippen LogP contribution in [0.5, 0.6) is 0 Å². The highest BCUT2D eigenvalue weighted by atomic mass is 16.6. The summed E-state index contributed by atoms with van der Waals surface area (Å²) in [6, 6.07) is 0. The van der Waals surface area contributed by atoms with E-state index in [1.807, 2.05) is 0 Å². The van der Waals surface area contributed by atoms with Gasteiger partial charge in [0.15, 0.2) is 0 Å². The third kappa shape index (κ3) is 1.49. The molecule has 0 aromatic carbocycles. The van der Waals surface area contributed by atoms with E-state index < -0.39 is 17.7 Å². The van der Waals surface area contributed by atoms with Crippen molar-refractivity contribution in [3.8, 4) is 0 Å². The number of ketones is 1. The van der Waals surface area contributed by atoms with Gasteiger partial charge in [0, 0.05) is 6.92 Å². The summed E-state index contributed by atoms with van der Waals surface area (Å²) in [6.45, 7) is 2.91. The first-order valence-corrected chi connectivity index (χ1v) is 4.13. The van der Waals surface area contributed by atoms with Crippen molar-refractivity contribution in [2.75, 3.05) is 0 Å². The summed E-state index contributed by atoms with van der Waals surface area (Å²) in [7, 11) is 0. The lowest BCUT2D eigenvalue weighted by atomic mass is 9.94. The van der Waals surface area contributed by atoms with Gasteiger partial charge in [-0.3, -0.25) is 9.59 Å². The van der Waals surface area contributed by atoms with Crippen molar-refractivity contribution >= 4 is 11.8 Å². The molecule has 13 heavy (non-hydrogen) atoms. The molecule has 0 heterocycles. The van der Waals surface area contributed by atoms with E-state index in [1.165, 1.54) is 19.1 Å². The highest BCUT2D eigenvalue weighted by Crippen LogP contribution is 2.28. The van der Waals surface area contributed by atoms with Crippen molar-refractivity contribution in [1.29, 1.82) is 0 Å². The highest BCUT2D eigenvalue weighted by molar-refractivity contribution is 6.01. The van der Waals surface area contributed by atoms with Crippen molar-refractivity contribution in [1.82, 2.24) is 0 Å². The molecule has 4 heteroatoms. The first-order valence-electron chi connectivity index (χ1n) is 4.13. The number of carbonyl (C=O) groups excluding carboxylic acids is 2. The molecule has 0 bridgehead atoms. The molecule has 1 rings (SSSR count). The van der Waals surface area contributed by atoms with Gasteiger partial charge in [0.25, 0.3) is 0 Å². The third-order valence-corrected chi connectivity index (χ3v) is 2.18. The first-order chi connectivity index (χ1) is 6.03. The SMILES string of the molecule is CC[C@]1(OC(C)=O)C(=O)C=C[C@@H]1O. The van der Waals surface area contributed by atoms with Crippen molar-refractivity contribution < 1.29 is 19.4 Å². The van der Waals surface area contributed by atoms with Gasteiger partial charge < -0.3 is 9.84 Å². The van der Waals surface area contributed by atoms with Crippen molar-refractivity contribution in [2.24, 2.45) is 0 Å². The summed E-state index contributed by atoms with van der Waals surface area (Å²) >= 11 is 0. The molecule has 0 amide bonds. The number of aliphatic hydroxyl groups excluding tert-OH is 1. The van der Waals surface area contributed by atoms with Crippen LogP contribution in [0, 0.1) is 0 Å². The van der Waals surface area contributed by atoms with Gasteiger partial charge in [-0.25, -0.2) is 0 Å². The Bertz CT molecular complexity index is 269. The Kier molecular flexibility index (Phi) is 2.52. The van der Waals surface area contributed by atoms with Crippen LogP contribution in [-0.4, -0.2) is 28.6 Å². The Morgan fingerprint density at radius 3 is 2.69 bits per heavy atom. The van der Waals surface area contributed by atoms with Gasteiger partial charge >= 0.3 is 5.97 Å². The fourth-order valence-corrected chi connectivity index (χ4v) is 1.44. The fourth-order valence-electron chi connectivity index (χ4n) is 1.44. The zero-order chi connectivity index (χ0) is 10.1. The molecule has 0 aromatic rings. The quantitative estimate of drug-likeness (QED) is 0.622. The van der Waals surface area contributed by atoms with Crippen LogP contribution < -0.4 is 0 Å². The Morgan fingerprint density at radius 2 is 2.38 bits per heavy atom. The summed E-state index contributed by atoms with van der Waals surface area (Å²) in [5, 5.41) is 9.47. The molecule has 1 aliphatic rings. The second-order valence-corrected chi connectivity index (χ2v) is 3.00. The van der Waals surface area contributed by atoms with Crippen LogP contribution in [0.4, 0.5) is 0 Å². The molecule has 0 aromatic heterocycles. The summed E-state index contributed by atoms with van der Waals surface area (Å²) in [5.74, 6) is -0.907. The number of hydrogen-bond acceptors (Lipinski definition) is 4. The molecule has 0 unspecified atom stereocenters.